The van der Waals surface area contributed by atoms with E-state index in [0.717, 1.165) is 17.1 Å². The minimum atomic E-state index is 0.446. The van der Waals surface area contributed by atoms with Crippen molar-refractivity contribution in [3.05, 3.63) is 187 Å². The van der Waals surface area contributed by atoms with Gasteiger partial charge in [-0.25, -0.2) is 0 Å². The number of allylic oxidation sites excluding steroid dienone is 4. The van der Waals surface area contributed by atoms with Crippen LogP contribution in [0.15, 0.2) is 170 Å². The van der Waals surface area contributed by atoms with Gasteiger partial charge < -0.3 is 9.80 Å². The van der Waals surface area contributed by atoms with Crippen LogP contribution in [0, 0.1) is 18.8 Å². The Morgan fingerprint density at radius 3 is 1.21 bits per heavy atom. The molecule has 0 N–H and O–H groups in total. The number of fused-ring (bicyclic) bond motifs is 1. The van der Waals surface area contributed by atoms with Crippen LogP contribution in [0.5, 0.6) is 0 Å². The van der Waals surface area contributed by atoms with Crippen LogP contribution in [0.1, 0.15) is 29.5 Å². The molecule has 0 radical (unpaired) electrons. The van der Waals surface area contributed by atoms with Crippen molar-refractivity contribution in [2.24, 2.45) is 11.8 Å². The first-order valence-corrected chi connectivity index (χ1v) is 17.1. The number of nitrogens with zero attached hydrogens (tertiary/aromatic N) is 2. The summed E-state index contributed by atoms with van der Waals surface area (Å²) < 4.78 is 0. The summed E-state index contributed by atoms with van der Waals surface area (Å²) in [5.74, 6) is 0.900. The van der Waals surface area contributed by atoms with Crippen molar-refractivity contribution in [2.75, 3.05) is 16.8 Å². The van der Waals surface area contributed by atoms with E-state index in [0.29, 0.717) is 11.8 Å². The molecule has 9 rings (SSSR count). The fourth-order valence-electron chi connectivity index (χ4n) is 7.37. The Labute approximate surface area is 284 Å². The second-order valence-corrected chi connectivity index (χ2v) is 13.1. The number of hydrogen-bond donors (Lipinski definition) is 0. The number of para-hydroxylation sites is 2. The molecule has 234 valence electrons. The van der Waals surface area contributed by atoms with Crippen molar-refractivity contribution >= 4 is 39.6 Å². The summed E-state index contributed by atoms with van der Waals surface area (Å²) in [6.07, 6.45) is 7.50. The summed E-state index contributed by atoms with van der Waals surface area (Å²) in [6.45, 7) is 2.13. The highest BCUT2D eigenvalue weighted by Crippen LogP contribution is 2.48. The average molecular weight is 621 g/mol. The first kappa shape index (κ1) is 29.8. The predicted octanol–water partition coefficient (Wildman–Crippen LogP) is 12.4. The number of aryl methyl sites for hydroxylation is 1. The van der Waals surface area contributed by atoms with Crippen molar-refractivity contribution in [2.45, 2.75) is 19.8 Å². The zero-order valence-corrected chi connectivity index (χ0v) is 27.6. The summed E-state index contributed by atoms with van der Waals surface area (Å²) >= 11 is 0. The van der Waals surface area contributed by atoms with E-state index in [4.69, 9.17) is 0 Å². The summed E-state index contributed by atoms with van der Waals surface area (Å²) in [5, 5.41) is 0. The Hall–Kier alpha value is -5.60. The van der Waals surface area contributed by atoms with Gasteiger partial charge in [-0.2, -0.15) is 0 Å². The monoisotopic (exact) mass is 620 g/mol. The Morgan fingerprint density at radius 1 is 0.396 bits per heavy atom. The van der Waals surface area contributed by atoms with E-state index in [2.05, 4.69) is 194 Å². The lowest BCUT2D eigenvalue weighted by molar-refractivity contribution is 0.556. The molecule has 0 saturated heterocycles. The van der Waals surface area contributed by atoms with Crippen molar-refractivity contribution in [3.8, 4) is 11.1 Å². The third kappa shape index (κ3) is 5.87. The molecule has 0 aromatic heterocycles. The van der Waals surface area contributed by atoms with Gasteiger partial charge in [-0.05, 0) is 114 Å². The third-order valence-electron chi connectivity index (χ3n) is 10.1. The Morgan fingerprint density at radius 2 is 0.750 bits per heavy atom. The van der Waals surface area contributed by atoms with Crippen LogP contribution in [-0.2, 0) is 0 Å². The topological polar surface area (TPSA) is 6.48 Å². The van der Waals surface area contributed by atoms with E-state index in [9.17, 15) is 0 Å². The van der Waals surface area contributed by atoms with E-state index in [1.54, 1.807) is 0 Å². The molecule has 2 atom stereocenters. The molecule has 0 amide bonds. The molecule has 2 nitrogen and oxygen atoms in total. The standard InChI is InChI=1S/C46H40N2/c1-33-13-15-34(16-14-33)35-19-27-43(28-20-35)48(42-11-7-4-8-12-42)44-29-23-37(24-30-44)46-32-38-17-18-39(46)31-45(38)36-21-25-41(26-22-36)47(2)40-9-5-3-6-10-40/h3-16,19-32,38-39H,17-18H2,1-2H3. The van der Waals surface area contributed by atoms with Crippen LogP contribution in [0.25, 0.3) is 22.3 Å². The van der Waals surface area contributed by atoms with Gasteiger partial charge in [0.05, 0.1) is 0 Å². The van der Waals surface area contributed by atoms with E-state index >= 15 is 0 Å². The quantitative estimate of drug-likeness (QED) is 0.167. The first-order valence-electron chi connectivity index (χ1n) is 17.1. The summed E-state index contributed by atoms with van der Waals surface area (Å²) in [5.41, 5.74) is 15.2. The smallest absolute Gasteiger partial charge is 0.0462 e. The van der Waals surface area contributed by atoms with Gasteiger partial charge in [0.1, 0.15) is 0 Å². The fraction of sp³-hybridized carbons (Fsp3) is 0.130. The van der Waals surface area contributed by atoms with E-state index in [1.807, 2.05) is 0 Å². The van der Waals surface area contributed by atoms with Crippen molar-refractivity contribution < 1.29 is 0 Å². The van der Waals surface area contributed by atoms with Gasteiger partial charge in [0.25, 0.3) is 0 Å². The van der Waals surface area contributed by atoms with E-state index < -0.39 is 0 Å². The van der Waals surface area contributed by atoms with Gasteiger partial charge in [-0.3, -0.25) is 0 Å². The third-order valence-corrected chi connectivity index (χ3v) is 10.1. The van der Waals surface area contributed by atoms with Gasteiger partial charge in [0.2, 0.25) is 0 Å². The normalized spacial score (nSPS) is 16.6. The molecule has 0 fully saturated rings. The van der Waals surface area contributed by atoms with Gasteiger partial charge in [0, 0.05) is 47.3 Å². The number of benzene rings is 6. The van der Waals surface area contributed by atoms with Crippen LogP contribution >= 0.6 is 0 Å². The number of rotatable bonds is 8. The first-order chi connectivity index (χ1) is 23.6. The fourth-order valence-corrected chi connectivity index (χ4v) is 7.37. The molecule has 2 unspecified atom stereocenters. The zero-order chi connectivity index (χ0) is 32.5. The molecule has 6 aromatic carbocycles. The lowest BCUT2D eigenvalue weighted by Gasteiger charge is -2.36. The highest BCUT2D eigenvalue weighted by atomic mass is 15.1. The summed E-state index contributed by atoms with van der Waals surface area (Å²) in [4.78, 5) is 4.59. The molecule has 2 bridgehead atoms. The second kappa shape index (κ2) is 12.9. The highest BCUT2D eigenvalue weighted by molar-refractivity contribution is 5.84. The molecule has 0 aliphatic heterocycles. The maximum absolute atomic E-state index is 2.54. The number of anilines is 5. The molecular formula is C46H40N2. The predicted molar refractivity (Wildman–Crippen MR) is 204 cm³/mol. The molecule has 2 heteroatoms. The maximum atomic E-state index is 2.54. The molecule has 48 heavy (non-hydrogen) atoms. The largest absolute Gasteiger partial charge is 0.345 e. The van der Waals surface area contributed by atoms with Crippen LogP contribution in [-0.4, -0.2) is 7.05 Å². The molecule has 3 aliphatic rings. The van der Waals surface area contributed by atoms with Crippen LogP contribution in [0.4, 0.5) is 28.4 Å². The van der Waals surface area contributed by atoms with Crippen molar-refractivity contribution in [1.82, 2.24) is 0 Å². The summed E-state index contributed by atoms with van der Waals surface area (Å²) in [6, 6.07) is 57.2. The van der Waals surface area contributed by atoms with E-state index in [1.165, 1.54) is 63.2 Å². The van der Waals surface area contributed by atoms with Crippen molar-refractivity contribution in [3.63, 3.8) is 0 Å². The average Bonchev–Trinajstić information content (AvgIpc) is 3.16. The highest BCUT2D eigenvalue weighted by Gasteiger charge is 2.31. The van der Waals surface area contributed by atoms with E-state index in [-0.39, 0.29) is 0 Å². The van der Waals surface area contributed by atoms with Crippen LogP contribution in [0.3, 0.4) is 0 Å². The Kier molecular flexibility index (Phi) is 8.00. The lowest BCUT2D eigenvalue weighted by Crippen LogP contribution is -2.20. The van der Waals surface area contributed by atoms with Crippen LogP contribution in [0.2, 0.25) is 0 Å². The van der Waals surface area contributed by atoms with Crippen LogP contribution < -0.4 is 9.80 Å². The van der Waals surface area contributed by atoms with Gasteiger partial charge in [0.15, 0.2) is 0 Å². The molecule has 0 saturated carbocycles. The second-order valence-electron chi connectivity index (χ2n) is 13.1. The minimum absolute atomic E-state index is 0.446. The molecule has 0 spiro atoms. The summed E-state index contributed by atoms with van der Waals surface area (Å²) in [7, 11) is 2.13. The number of hydrogen-bond acceptors (Lipinski definition) is 2. The molecule has 0 heterocycles. The zero-order valence-electron chi connectivity index (χ0n) is 27.6. The SMILES string of the molecule is Cc1ccc(-c2ccc(N(c3ccccc3)c3ccc(C4=CC5CCC4C=C5c4ccc(N(C)c5ccccc5)cc4)cc3)cc2)cc1. The molecule has 6 aromatic rings. The van der Waals surface area contributed by atoms with Gasteiger partial charge in [-0.1, -0.05) is 115 Å². The Balaban J connectivity index is 1.03. The maximum Gasteiger partial charge on any atom is 0.0462 e. The Bertz CT molecular complexity index is 2060. The van der Waals surface area contributed by atoms with Gasteiger partial charge in [-0.15, -0.1) is 0 Å². The molecular weight excluding hydrogens is 581 g/mol. The molecule has 3 aliphatic carbocycles. The minimum Gasteiger partial charge on any atom is -0.345 e. The lowest BCUT2D eigenvalue weighted by atomic mass is 9.69. The van der Waals surface area contributed by atoms with Gasteiger partial charge >= 0.3 is 0 Å². The van der Waals surface area contributed by atoms with Crippen molar-refractivity contribution in [1.29, 1.82) is 0 Å².